The van der Waals surface area contributed by atoms with Crippen LogP contribution in [0.4, 0.5) is 5.69 Å². The number of hydrogen-bond donors (Lipinski definition) is 0. The van der Waals surface area contributed by atoms with E-state index >= 15 is 0 Å². The third-order valence-corrected chi connectivity index (χ3v) is 5.30. The number of rotatable bonds is 6. The van der Waals surface area contributed by atoms with Crippen molar-refractivity contribution in [3.8, 4) is 6.07 Å². The summed E-state index contributed by atoms with van der Waals surface area (Å²) >= 11 is 6.28. The van der Waals surface area contributed by atoms with E-state index in [9.17, 15) is 4.79 Å². The monoisotopic (exact) mass is 379 g/mol. The first-order chi connectivity index (χ1) is 13.0. The Kier molecular flexibility index (Phi) is 5.83. The van der Waals surface area contributed by atoms with Gasteiger partial charge in [0.25, 0.3) is 0 Å². The number of halogens is 1. The molecule has 0 saturated carbocycles. The van der Waals surface area contributed by atoms with Gasteiger partial charge in [-0.15, -0.1) is 6.58 Å². The lowest BCUT2D eigenvalue weighted by molar-refractivity contribution is -0.127. The molecule has 3 rings (SSSR count). The van der Waals surface area contributed by atoms with Crippen LogP contribution in [0.2, 0.25) is 5.02 Å². The van der Waals surface area contributed by atoms with E-state index in [0.717, 1.165) is 5.69 Å². The Labute approximate surface area is 165 Å². The first kappa shape index (κ1) is 19.0. The fourth-order valence-corrected chi connectivity index (χ4v) is 3.68. The predicted octanol–water partition coefficient (Wildman–Crippen LogP) is 4.31. The number of amides is 1. The van der Waals surface area contributed by atoms with Crippen molar-refractivity contribution in [1.82, 2.24) is 4.90 Å². The number of benzene rings is 2. The molecule has 1 heterocycles. The van der Waals surface area contributed by atoms with Gasteiger partial charge in [-0.05, 0) is 36.2 Å². The average molecular weight is 380 g/mol. The molecule has 0 aliphatic carbocycles. The van der Waals surface area contributed by atoms with Crippen LogP contribution >= 0.6 is 11.6 Å². The topological polar surface area (TPSA) is 47.3 Å². The molecule has 1 atom stereocenters. The first-order valence-electron chi connectivity index (χ1n) is 8.93. The normalized spacial score (nSPS) is 16.3. The van der Waals surface area contributed by atoms with Crippen LogP contribution in [-0.4, -0.2) is 29.9 Å². The standard InChI is InChI=1S/C22H22ClN3O/c1-3-10-25-15-20(12-22(25)27)26(14-18-7-5-4-6-16(18)2)19-9-8-17(13-24)21(23)11-19/h3-9,11,20H,1,10,12,14-15H2,2H3. The van der Waals surface area contributed by atoms with Crippen molar-refractivity contribution in [2.75, 3.05) is 18.0 Å². The number of likely N-dealkylation sites (tertiary alicyclic amines) is 1. The van der Waals surface area contributed by atoms with Crippen LogP contribution in [0.15, 0.2) is 55.1 Å². The Morgan fingerprint density at radius 2 is 2.15 bits per heavy atom. The Hall–Kier alpha value is -2.77. The molecule has 0 N–H and O–H groups in total. The first-order valence-corrected chi connectivity index (χ1v) is 9.30. The summed E-state index contributed by atoms with van der Waals surface area (Å²) in [7, 11) is 0. The van der Waals surface area contributed by atoms with Gasteiger partial charge in [-0.1, -0.05) is 41.9 Å². The molecule has 1 fully saturated rings. The molecule has 0 spiro atoms. The van der Waals surface area contributed by atoms with Crippen LogP contribution in [0.1, 0.15) is 23.1 Å². The SMILES string of the molecule is C=CCN1CC(N(Cc2ccccc2C)c2ccc(C#N)c(Cl)c2)CC1=O. The molecule has 138 valence electrons. The van der Waals surface area contributed by atoms with Gasteiger partial charge in [0.1, 0.15) is 6.07 Å². The van der Waals surface area contributed by atoms with E-state index < -0.39 is 0 Å². The van der Waals surface area contributed by atoms with Crippen LogP contribution in [-0.2, 0) is 11.3 Å². The molecule has 1 unspecified atom stereocenters. The van der Waals surface area contributed by atoms with Crippen molar-refractivity contribution in [2.24, 2.45) is 0 Å². The molecule has 0 bridgehead atoms. The Bertz CT molecular complexity index is 903. The lowest BCUT2D eigenvalue weighted by atomic mass is 10.1. The summed E-state index contributed by atoms with van der Waals surface area (Å²) in [6.07, 6.45) is 2.21. The Balaban J connectivity index is 1.95. The number of nitrogens with zero attached hydrogens (tertiary/aromatic N) is 3. The van der Waals surface area contributed by atoms with E-state index in [4.69, 9.17) is 16.9 Å². The largest absolute Gasteiger partial charge is 0.362 e. The van der Waals surface area contributed by atoms with Crippen LogP contribution in [0.3, 0.4) is 0 Å². The molecule has 1 aliphatic rings. The van der Waals surface area contributed by atoms with Crippen LogP contribution in [0, 0.1) is 18.3 Å². The van der Waals surface area contributed by atoms with Gasteiger partial charge in [0.2, 0.25) is 5.91 Å². The molecule has 0 aromatic heterocycles. The smallest absolute Gasteiger partial charge is 0.225 e. The number of nitriles is 1. The maximum absolute atomic E-state index is 12.4. The summed E-state index contributed by atoms with van der Waals surface area (Å²) in [6.45, 7) is 7.71. The van der Waals surface area contributed by atoms with E-state index in [1.807, 2.05) is 29.2 Å². The quantitative estimate of drug-likeness (QED) is 0.702. The van der Waals surface area contributed by atoms with Gasteiger partial charge in [0, 0.05) is 31.7 Å². The predicted molar refractivity (Wildman–Crippen MR) is 109 cm³/mol. The summed E-state index contributed by atoms with van der Waals surface area (Å²) in [5, 5.41) is 9.58. The third-order valence-electron chi connectivity index (χ3n) is 4.99. The van der Waals surface area contributed by atoms with Gasteiger partial charge < -0.3 is 9.80 Å². The summed E-state index contributed by atoms with van der Waals surface area (Å²) in [6, 6.07) is 15.8. The van der Waals surface area contributed by atoms with Gasteiger partial charge in [-0.2, -0.15) is 5.26 Å². The van der Waals surface area contributed by atoms with Crippen LogP contribution in [0.5, 0.6) is 0 Å². The molecule has 1 aliphatic heterocycles. The lowest BCUT2D eigenvalue weighted by Crippen LogP contribution is -2.37. The van der Waals surface area contributed by atoms with Crippen LogP contribution in [0.25, 0.3) is 0 Å². The number of carbonyl (C=O) groups is 1. The molecule has 0 radical (unpaired) electrons. The minimum atomic E-state index is 0.0426. The number of aryl methyl sites for hydroxylation is 1. The summed E-state index contributed by atoms with van der Waals surface area (Å²) in [4.78, 5) is 16.4. The molecule has 5 heteroatoms. The van der Waals surface area contributed by atoms with Gasteiger partial charge in [0.05, 0.1) is 16.6 Å². The van der Waals surface area contributed by atoms with E-state index in [0.29, 0.717) is 36.6 Å². The van der Waals surface area contributed by atoms with Gasteiger partial charge in [0.15, 0.2) is 0 Å². The zero-order valence-electron chi connectivity index (χ0n) is 15.4. The zero-order chi connectivity index (χ0) is 19.4. The average Bonchev–Trinajstić information content (AvgIpc) is 3.01. The summed E-state index contributed by atoms with van der Waals surface area (Å²) < 4.78 is 0. The molecule has 2 aromatic rings. The maximum atomic E-state index is 12.4. The van der Waals surface area contributed by atoms with Gasteiger partial charge in [-0.25, -0.2) is 0 Å². The minimum Gasteiger partial charge on any atom is -0.362 e. The van der Waals surface area contributed by atoms with E-state index in [2.05, 4.69) is 36.6 Å². The molecule has 27 heavy (non-hydrogen) atoms. The zero-order valence-corrected chi connectivity index (χ0v) is 16.1. The highest BCUT2D eigenvalue weighted by molar-refractivity contribution is 6.32. The van der Waals surface area contributed by atoms with E-state index in [1.54, 1.807) is 12.1 Å². The van der Waals surface area contributed by atoms with Crippen molar-refractivity contribution < 1.29 is 4.79 Å². The second kappa shape index (κ2) is 8.28. The summed E-state index contributed by atoms with van der Waals surface area (Å²) in [5.41, 5.74) is 3.77. The Morgan fingerprint density at radius 1 is 1.37 bits per heavy atom. The number of carbonyl (C=O) groups excluding carboxylic acids is 1. The molecule has 4 nitrogen and oxygen atoms in total. The second-order valence-corrected chi connectivity index (χ2v) is 7.18. The molecule has 1 amide bonds. The highest BCUT2D eigenvalue weighted by atomic mass is 35.5. The summed E-state index contributed by atoms with van der Waals surface area (Å²) in [5.74, 6) is 0.134. The molecule has 1 saturated heterocycles. The number of anilines is 1. The lowest BCUT2D eigenvalue weighted by Gasteiger charge is -2.32. The molecular formula is C22H22ClN3O. The van der Waals surface area contributed by atoms with Crippen molar-refractivity contribution >= 4 is 23.2 Å². The molecule has 2 aromatic carbocycles. The van der Waals surface area contributed by atoms with Crippen molar-refractivity contribution in [3.63, 3.8) is 0 Å². The van der Waals surface area contributed by atoms with Gasteiger partial charge >= 0.3 is 0 Å². The third kappa shape index (κ3) is 4.15. The van der Waals surface area contributed by atoms with Crippen molar-refractivity contribution in [3.05, 3.63) is 76.8 Å². The second-order valence-electron chi connectivity index (χ2n) is 6.78. The van der Waals surface area contributed by atoms with Gasteiger partial charge in [-0.3, -0.25) is 4.79 Å². The van der Waals surface area contributed by atoms with Crippen LogP contribution < -0.4 is 4.90 Å². The van der Waals surface area contributed by atoms with Crippen molar-refractivity contribution in [1.29, 1.82) is 5.26 Å². The van der Waals surface area contributed by atoms with E-state index in [-0.39, 0.29) is 11.9 Å². The van der Waals surface area contributed by atoms with E-state index in [1.165, 1.54) is 11.1 Å². The highest BCUT2D eigenvalue weighted by Gasteiger charge is 2.33. The number of hydrogen-bond acceptors (Lipinski definition) is 3. The maximum Gasteiger partial charge on any atom is 0.225 e. The Morgan fingerprint density at radius 3 is 2.81 bits per heavy atom. The fraction of sp³-hybridized carbons (Fsp3) is 0.273. The highest BCUT2D eigenvalue weighted by Crippen LogP contribution is 2.30. The minimum absolute atomic E-state index is 0.0426. The molecular weight excluding hydrogens is 358 g/mol. The van der Waals surface area contributed by atoms with Crippen molar-refractivity contribution in [2.45, 2.75) is 25.9 Å². The fourth-order valence-electron chi connectivity index (χ4n) is 3.47.